The summed E-state index contributed by atoms with van der Waals surface area (Å²) < 4.78 is 17.1. The third-order valence-electron chi connectivity index (χ3n) is 2.92. The number of halogens is 1. The van der Waals surface area contributed by atoms with Crippen LogP contribution in [0.5, 0.6) is 11.5 Å². The van der Waals surface area contributed by atoms with Gasteiger partial charge in [0.05, 0.1) is 20.8 Å². The normalized spacial score (nSPS) is 10.5. The fourth-order valence-electron chi connectivity index (χ4n) is 1.83. The van der Waals surface area contributed by atoms with Gasteiger partial charge in [-0.1, -0.05) is 26.2 Å². The van der Waals surface area contributed by atoms with Gasteiger partial charge in [0.2, 0.25) is 0 Å². The van der Waals surface area contributed by atoms with Crippen LogP contribution in [0.15, 0.2) is 16.6 Å². The van der Waals surface area contributed by atoms with Crippen molar-refractivity contribution in [2.24, 2.45) is 0 Å². The van der Waals surface area contributed by atoms with Crippen LogP contribution in [-0.2, 0) is 11.3 Å². The molecular weight excluding hydrogens is 308 g/mol. The van der Waals surface area contributed by atoms with Gasteiger partial charge in [0.25, 0.3) is 0 Å². The molecule has 4 heteroatoms. The quantitative estimate of drug-likeness (QED) is 0.621. The second-order valence-electron chi connectivity index (χ2n) is 4.43. The maximum absolute atomic E-state index is 5.68. The average molecular weight is 331 g/mol. The number of benzene rings is 1. The Hall–Kier alpha value is -0.740. The van der Waals surface area contributed by atoms with Crippen LogP contribution in [0.25, 0.3) is 0 Å². The lowest BCUT2D eigenvalue weighted by Crippen LogP contribution is -1.98. The number of hydrogen-bond donors (Lipinski definition) is 0. The van der Waals surface area contributed by atoms with Crippen molar-refractivity contribution in [2.75, 3.05) is 20.8 Å². The summed E-state index contributed by atoms with van der Waals surface area (Å²) >= 11 is 3.46. The topological polar surface area (TPSA) is 27.7 Å². The van der Waals surface area contributed by atoms with E-state index in [9.17, 15) is 0 Å². The molecule has 3 nitrogen and oxygen atoms in total. The van der Waals surface area contributed by atoms with Gasteiger partial charge in [-0.25, -0.2) is 0 Å². The SMILES string of the molecule is CCCCCCOCc1cc(OC)c(Br)c(OC)c1. The van der Waals surface area contributed by atoms with Crippen molar-refractivity contribution in [3.05, 3.63) is 22.2 Å². The Morgan fingerprint density at radius 2 is 1.63 bits per heavy atom. The second-order valence-corrected chi connectivity index (χ2v) is 5.22. The molecule has 0 aromatic heterocycles. The van der Waals surface area contributed by atoms with Crippen molar-refractivity contribution in [2.45, 2.75) is 39.2 Å². The molecule has 0 aliphatic rings. The molecule has 19 heavy (non-hydrogen) atoms. The maximum Gasteiger partial charge on any atom is 0.137 e. The first-order chi connectivity index (χ1) is 9.22. The number of methoxy groups -OCH3 is 2. The Morgan fingerprint density at radius 1 is 1.00 bits per heavy atom. The summed E-state index contributed by atoms with van der Waals surface area (Å²) in [6.45, 7) is 3.61. The number of hydrogen-bond acceptors (Lipinski definition) is 3. The van der Waals surface area contributed by atoms with Gasteiger partial charge in [0.1, 0.15) is 16.0 Å². The molecular formula is C15H23BrO3. The number of unbranched alkanes of at least 4 members (excludes halogenated alkanes) is 3. The van der Waals surface area contributed by atoms with E-state index in [2.05, 4.69) is 22.9 Å². The first kappa shape index (κ1) is 16.3. The van der Waals surface area contributed by atoms with Gasteiger partial charge < -0.3 is 14.2 Å². The molecule has 0 bridgehead atoms. The lowest BCUT2D eigenvalue weighted by Gasteiger charge is -2.11. The van der Waals surface area contributed by atoms with Crippen LogP contribution in [-0.4, -0.2) is 20.8 Å². The molecule has 1 rings (SSSR count). The summed E-state index contributed by atoms with van der Waals surface area (Å²) in [5, 5.41) is 0. The Kier molecular flexibility index (Phi) is 7.91. The third-order valence-corrected chi connectivity index (χ3v) is 3.70. The summed E-state index contributed by atoms with van der Waals surface area (Å²) in [7, 11) is 3.30. The van der Waals surface area contributed by atoms with Crippen molar-refractivity contribution in [1.82, 2.24) is 0 Å². The van der Waals surface area contributed by atoms with Crippen molar-refractivity contribution in [3.8, 4) is 11.5 Å². The van der Waals surface area contributed by atoms with Crippen molar-refractivity contribution < 1.29 is 14.2 Å². The van der Waals surface area contributed by atoms with Gasteiger partial charge in [-0.05, 0) is 40.0 Å². The van der Waals surface area contributed by atoms with Gasteiger partial charge in [-0.2, -0.15) is 0 Å². The van der Waals surface area contributed by atoms with Crippen LogP contribution in [0.3, 0.4) is 0 Å². The highest BCUT2D eigenvalue weighted by molar-refractivity contribution is 9.10. The molecule has 0 heterocycles. The zero-order valence-electron chi connectivity index (χ0n) is 12.0. The predicted molar refractivity (Wildman–Crippen MR) is 81.0 cm³/mol. The average Bonchev–Trinajstić information content (AvgIpc) is 2.44. The van der Waals surface area contributed by atoms with Crippen LogP contribution < -0.4 is 9.47 Å². The van der Waals surface area contributed by atoms with Crippen LogP contribution >= 0.6 is 15.9 Å². The molecule has 0 amide bonds. The van der Waals surface area contributed by atoms with E-state index in [1.165, 1.54) is 19.3 Å². The van der Waals surface area contributed by atoms with E-state index in [4.69, 9.17) is 14.2 Å². The molecule has 1 aromatic carbocycles. The molecule has 0 radical (unpaired) electrons. The minimum atomic E-state index is 0.589. The first-order valence-corrected chi connectivity index (χ1v) is 7.50. The molecule has 1 aromatic rings. The Labute approximate surface area is 124 Å². The van der Waals surface area contributed by atoms with E-state index in [0.717, 1.165) is 34.6 Å². The summed E-state index contributed by atoms with van der Waals surface area (Å²) in [5.74, 6) is 1.54. The van der Waals surface area contributed by atoms with Gasteiger partial charge in [0.15, 0.2) is 0 Å². The monoisotopic (exact) mass is 330 g/mol. The van der Waals surface area contributed by atoms with Gasteiger partial charge in [-0.15, -0.1) is 0 Å². The zero-order chi connectivity index (χ0) is 14.1. The summed E-state index contributed by atoms with van der Waals surface area (Å²) in [6.07, 6.45) is 4.90. The number of rotatable bonds is 9. The van der Waals surface area contributed by atoms with Gasteiger partial charge >= 0.3 is 0 Å². The van der Waals surface area contributed by atoms with Crippen molar-refractivity contribution in [1.29, 1.82) is 0 Å². The molecule has 0 saturated carbocycles. The summed E-state index contributed by atoms with van der Waals surface area (Å²) in [6, 6.07) is 3.94. The largest absolute Gasteiger partial charge is 0.495 e. The molecule has 0 fully saturated rings. The second kappa shape index (κ2) is 9.21. The van der Waals surface area contributed by atoms with Crippen LogP contribution in [0.1, 0.15) is 38.2 Å². The molecule has 0 N–H and O–H groups in total. The van der Waals surface area contributed by atoms with E-state index in [1.54, 1.807) is 14.2 Å². The van der Waals surface area contributed by atoms with Crippen LogP contribution in [0, 0.1) is 0 Å². The molecule has 0 atom stereocenters. The van der Waals surface area contributed by atoms with E-state index in [-0.39, 0.29) is 0 Å². The Morgan fingerprint density at radius 3 is 2.16 bits per heavy atom. The van der Waals surface area contributed by atoms with E-state index in [0.29, 0.717) is 6.61 Å². The molecule has 0 unspecified atom stereocenters. The van der Waals surface area contributed by atoms with Crippen molar-refractivity contribution >= 4 is 15.9 Å². The fraction of sp³-hybridized carbons (Fsp3) is 0.600. The Bertz CT molecular complexity index is 355. The standard InChI is InChI=1S/C15H23BrO3/c1-4-5-6-7-8-19-11-12-9-13(17-2)15(16)14(10-12)18-3/h9-10H,4-8,11H2,1-3H3. The summed E-state index contributed by atoms with van der Waals surface area (Å²) in [5.41, 5.74) is 1.06. The molecule has 0 spiro atoms. The van der Waals surface area contributed by atoms with Crippen molar-refractivity contribution in [3.63, 3.8) is 0 Å². The number of ether oxygens (including phenoxy) is 3. The smallest absolute Gasteiger partial charge is 0.137 e. The third kappa shape index (κ3) is 5.41. The highest BCUT2D eigenvalue weighted by atomic mass is 79.9. The van der Waals surface area contributed by atoms with E-state index in [1.807, 2.05) is 12.1 Å². The van der Waals surface area contributed by atoms with E-state index < -0.39 is 0 Å². The first-order valence-electron chi connectivity index (χ1n) is 6.71. The minimum Gasteiger partial charge on any atom is -0.495 e. The molecule has 0 aliphatic heterocycles. The molecule has 0 aliphatic carbocycles. The zero-order valence-corrected chi connectivity index (χ0v) is 13.6. The lowest BCUT2D eigenvalue weighted by atomic mass is 10.2. The van der Waals surface area contributed by atoms with Crippen LogP contribution in [0.2, 0.25) is 0 Å². The highest BCUT2D eigenvalue weighted by Crippen LogP contribution is 2.35. The van der Waals surface area contributed by atoms with Gasteiger partial charge in [0, 0.05) is 6.61 Å². The summed E-state index contributed by atoms with van der Waals surface area (Å²) in [4.78, 5) is 0. The maximum atomic E-state index is 5.68. The van der Waals surface area contributed by atoms with E-state index >= 15 is 0 Å². The highest BCUT2D eigenvalue weighted by Gasteiger charge is 2.09. The predicted octanol–water partition coefficient (Wildman–Crippen LogP) is 4.56. The minimum absolute atomic E-state index is 0.589. The molecule has 108 valence electrons. The lowest BCUT2D eigenvalue weighted by molar-refractivity contribution is 0.116. The fourth-order valence-corrected chi connectivity index (χ4v) is 2.38. The Balaban J connectivity index is 2.49. The van der Waals surface area contributed by atoms with Crippen LogP contribution in [0.4, 0.5) is 0 Å². The van der Waals surface area contributed by atoms with Gasteiger partial charge in [-0.3, -0.25) is 0 Å². The molecule has 0 saturated heterocycles.